The third-order valence-corrected chi connectivity index (χ3v) is 3.85. The molecule has 0 radical (unpaired) electrons. The molecule has 0 spiro atoms. The standard InChI is InChI=1S/C20H18N2O2/c1-22(20(23)16-12-13-19(24-2)21-14-16)18-11-7-6-10-17(18)15-8-4-3-5-9-15/h3-14H,1-2H3. The van der Waals surface area contributed by atoms with Crippen molar-refractivity contribution >= 4 is 11.6 Å². The zero-order valence-corrected chi connectivity index (χ0v) is 13.6. The van der Waals surface area contributed by atoms with Gasteiger partial charge >= 0.3 is 0 Å². The summed E-state index contributed by atoms with van der Waals surface area (Å²) in [5.41, 5.74) is 3.45. The maximum atomic E-state index is 12.8. The molecule has 0 atom stereocenters. The lowest BCUT2D eigenvalue weighted by Crippen LogP contribution is -2.26. The fourth-order valence-electron chi connectivity index (χ4n) is 2.56. The van der Waals surface area contributed by atoms with Crippen molar-refractivity contribution in [2.75, 3.05) is 19.1 Å². The van der Waals surface area contributed by atoms with Gasteiger partial charge in [-0.05, 0) is 17.7 Å². The number of benzene rings is 2. The van der Waals surface area contributed by atoms with Crippen molar-refractivity contribution in [1.82, 2.24) is 4.98 Å². The van der Waals surface area contributed by atoms with Crippen molar-refractivity contribution in [3.63, 3.8) is 0 Å². The van der Waals surface area contributed by atoms with Gasteiger partial charge in [-0.1, -0.05) is 48.5 Å². The first kappa shape index (κ1) is 15.7. The van der Waals surface area contributed by atoms with Crippen molar-refractivity contribution in [3.05, 3.63) is 78.5 Å². The molecule has 0 aliphatic carbocycles. The molecule has 24 heavy (non-hydrogen) atoms. The summed E-state index contributed by atoms with van der Waals surface area (Å²) in [6.07, 6.45) is 1.53. The smallest absolute Gasteiger partial charge is 0.259 e. The lowest BCUT2D eigenvalue weighted by atomic mass is 10.0. The summed E-state index contributed by atoms with van der Waals surface area (Å²) in [6, 6.07) is 21.3. The first-order chi connectivity index (χ1) is 11.7. The largest absolute Gasteiger partial charge is 0.481 e. The van der Waals surface area contributed by atoms with Crippen molar-refractivity contribution < 1.29 is 9.53 Å². The van der Waals surface area contributed by atoms with E-state index in [-0.39, 0.29) is 5.91 Å². The van der Waals surface area contributed by atoms with E-state index in [1.807, 2.05) is 54.6 Å². The molecule has 0 unspecified atom stereocenters. The Morgan fingerprint density at radius 1 is 0.958 bits per heavy atom. The van der Waals surface area contributed by atoms with Gasteiger partial charge in [0.1, 0.15) is 0 Å². The van der Waals surface area contributed by atoms with Gasteiger partial charge in [0.15, 0.2) is 0 Å². The summed E-state index contributed by atoms with van der Waals surface area (Å²) in [5.74, 6) is 0.368. The molecule has 3 aromatic rings. The number of hydrogen-bond acceptors (Lipinski definition) is 3. The molecule has 4 heteroatoms. The van der Waals surface area contributed by atoms with Gasteiger partial charge < -0.3 is 9.64 Å². The number of ether oxygens (including phenoxy) is 1. The van der Waals surface area contributed by atoms with E-state index < -0.39 is 0 Å². The van der Waals surface area contributed by atoms with Crippen LogP contribution in [-0.4, -0.2) is 25.0 Å². The van der Waals surface area contributed by atoms with Gasteiger partial charge in [0.05, 0.1) is 18.4 Å². The zero-order chi connectivity index (χ0) is 16.9. The Bertz CT molecular complexity index is 830. The number of para-hydroxylation sites is 1. The summed E-state index contributed by atoms with van der Waals surface area (Å²) >= 11 is 0. The summed E-state index contributed by atoms with van der Waals surface area (Å²) in [6.45, 7) is 0. The molecule has 0 bridgehead atoms. The molecule has 0 saturated carbocycles. The monoisotopic (exact) mass is 318 g/mol. The number of anilines is 1. The third kappa shape index (κ3) is 3.13. The van der Waals surface area contributed by atoms with E-state index in [2.05, 4.69) is 4.98 Å². The van der Waals surface area contributed by atoms with Crippen LogP contribution in [0.2, 0.25) is 0 Å². The highest BCUT2D eigenvalue weighted by atomic mass is 16.5. The number of rotatable bonds is 4. The van der Waals surface area contributed by atoms with Crippen molar-refractivity contribution in [3.8, 4) is 17.0 Å². The van der Waals surface area contributed by atoms with E-state index in [1.54, 1.807) is 31.2 Å². The number of pyridine rings is 1. The van der Waals surface area contributed by atoms with Crippen molar-refractivity contribution in [2.45, 2.75) is 0 Å². The molecular weight excluding hydrogens is 300 g/mol. The molecule has 0 fully saturated rings. The minimum absolute atomic E-state index is 0.117. The van der Waals surface area contributed by atoms with E-state index >= 15 is 0 Å². The summed E-state index contributed by atoms with van der Waals surface area (Å²) in [4.78, 5) is 18.5. The third-order valence-electron chi connectivity index (χ3n) is 3.85. The number of amides is 1. The van der Waals surface area contributed by atoms with Crippen molar-refractivity contribution in [2.24, 2.45) is 0 Å². The van der Waals surface area contributed by atoms with Gasteiger partial charge in [-0.25, -0.2) is 4.98 Å². The minimum atomic E-state index is -0.117. The molecule has 0 aliphatic rings. The molecule has 0 aliphatic heterocycles. The molecule has 0 N–H and O–H groups in total. The van der Waals surface area contributed by atoms with Crippen LogP contribution < -0.4 is 9.64 Å². The van der Waals surface area contributed by atoms with Crippen LogP contribution in [-0.2, 0) is 0 Å². The van der Waals surface area contributed by atoms with Crippen LogP contribution in [0.4, 0.5) is 5.69 Å². The van der Waals surface area contributed by atoms with Gasteiger partial charge in [-0.15, -0.1) is 0 Å². The first-order valence-corrected chi connectivity index (χ1v) is 7.63. The molecule has 1 heterocycles. The molecule has 0 saturated heterocycles. The summed E-state index contributed by atoms with van der Waals surface area (Å²) < 4.78 is 5.03. The van der Waals surface area contributed by atoms with Crippen LogP contribution in [0.25, 0.3) is 11.1 Å². The fraction of sp³-hybridized carbons (Fsp3) is 0.100. The first-order valence-electron chi connectivity index (χ1n) is 7.63. The normalized spacial score (nSPS) is 10.2. The van der Waals surface area contributed by atoms with Crippen LogP contribution in [0, 0.1) is 0 Å². The Hall–Kier alpha value is -3.14. The topological polar surface area (TPSA) is 42.4 Å². The molecule has 4 nitrogen and oxygen atoms in total. The van der Waals surface area contributed by atoms with E-state index in [0.717, 1.165) is 16.8 Å². The van der Waals surface area contributed by atoms with Crippen LogP contribution in [0.5, 0.6) is 5.88 Å². The highest BCUT2D eigenvalue weighted by molar-refractivity contribution is 6.07. The molecule has 120 valence electrons. The lowest BCUT2D eigenvalue weighted by molar-refractivity contribution is 0.0992. The number of hydrogen-bond donors (Lipinski definition) is 0. The van der Waals surface area contributed by atoms with Crippen molar-refractivity contribution in [1.29, 1.82) is 0 Å². The molecule has 3 rings (SSSR count). The van der Waals surface area contributed by atoms with E-state index in [0.29, 0.717) is 11.4 Å². The van der Waals surface area contributed by atoms with E-state index in [4.69, 9.17) is 4.74 Å². The van der Waals surface area contributed by atoms with E-state index in [9.17, 15) is 4.79 Å². The quantitative estimate of drug-likeness (QED) is 0.729. The predicted molar refractivity (Wildman–Crippen MR) is 95.4 cm³/mol. The predicted octanol–water partition coefficient (Wildman–Crippen LogP) is 4.03. The number of carbonyl (C=O) groups is 1. The molecule has 1 aromatic heterocycles. The van der Waals surface area contributed by atoms with Gasteiger partial charge in [-0.3, -0.25) is 4.79 Å². The number of carbonyl (C=O) groups excluding carboxylic acids is 1. The number of methoxy groups -OCH3 is 1. The van der Waals surface area contributed by atoms with Crippen LogP contribution in [0.15, 0.2) is 72.9 Å². The second-order valence-electron chi connectivity index (χ2n) is 5.34. The number of nitrogens with zero attached hydrogens (tertiary/aromatic N) is 2. The van der Waals surface area contributed by atoms with Gasteiger partial charge in [0.2, 0.25) is 5.88 Å². The Morgan fingerprint density at radius 3 is 2.33 bits per heavy atom. The Morgan fingerprint density at radius 2 is 1.67 bits per heavy atom. The molecule has 1 amide bonds. The lowest BCUT2D eigenvalue weighted by Gasteiger charge is -2.21. The average Bonchev–Trinajstić information content (AvgIpc) is 2.67. The molecule has 2 aromatic carbocycles. The SMILES string of the molecule is COc1ccc(C(=O)N(C)c2ccccc2-c2ccccc2)cn1. The highest BCUT2D eigenvalue weighted by Crippen LogP contribution is 2.30. The minimum Gasteiger partial charge on any atom is -0.481 e. The van der Waals surface area contributed by atoms with Crippen LogP contribution >= 0.6 is 0 Å². The molecular formula is C20H18N2O2. The fourth-order valence-corrected chi connectivity index (χ4v) is 2.56. The number of aromatic nitrogens is 1. The van der Waals surface area contributed by atoms with Gasteiger partial charge in [-0.2, -0.15) is 0 Å². The second kappa shape index (κ2) is 6.96. The maximum Gasteiger partial charge on any atom is 0.259 e. The van der Waals surface area contributed by atoms with Gasteiger partial charge in [0, 0.05) is 24.9 Å². The highest BCUT2D eigenvalue weighted by Gasteiger charge is 2.17. The maximum absolute atomic E-state index is 12.8. The van der Waals surface area contributed by atoms with Crippen LogP contribution in [0.1, 0.15) is 10.4 Å². The zero-order valence-electron chi connectivity index (χ0n) is 13.6. The summed E-state index contributed by atoms with van der Waals surface area (Å²) in [7, 11) is 3.32. The Labute approximate surface area is 141 Å². The van der Waals surface area contributed by atoms with E-state index in [1.165, 1.54) is 6.20 Å². The summed E-state index contributed by atoms with van der Waals surface area (Å²) in [5, 5.41) is 0. The Kier molecular flexibility index (Phi) is 4.57. The second-order valence-corrected chi connectivity index (χ2v) is 5.34. The van der Waals surface area contributed by atoms with Gasteiger partial charge in [0.25, 0.3) is 5.91 Å². The average molecular weight is 318 g/mol. The van der Waals surface area contributed by atoms with Crippen LogP contribution in [0.3, 0.4) is 0 Å². The Balaban J connectivity index is 1.95.